The molecule has 1 saturated heterocycles. The summed E-state index contributed by atoms with van der Waals surface area (Å²) in [5.74, 6) is 2.17. The Labute approximate surface area is 130 Å². The third kappa shape index (κ3) is 5.53. The molecule has 1 aliphatic carbocycles. The lowest BCUT2D eigenvalue weighted by atomic mass is 9.97. The van der Waals surface area contributed by atoms with Gasteiger partial charge < -0.3 is 5.32 Å². The first-order valence-corrected chi connectivity index (χ1v) is 10.4. The molecule has 21 heavy (non-hydrogen) atoms. The Kier molecular flexibility index (Phi) is 6.09. The summed E-state index contributed by atoms with van der Waals surface area (Å²) in [5, 5.41) is 3.72. The van der Waals surface area contributed by atoms with Crippen LogP contribution in [-0.2, 0) is 9.84 Å². The Balaban J connectivity index is 1.86. The molecule has 124 valence electrons. The van der Waals surface area contributed by atoms with Gasteiger partial charge in [-0.15, -0.1) is 0 Å². The van der Waals surface area contributed by atoms with Crippen molar-refractivity contribution in [3.63, 3.8) is 0 Å². The lowest BCUT2D eigenvalue weighted by molar-refractivity contribution is 0.107. The highest BCUT2D eigenvalue weighted by molar-refractivity contribution is 7.91. The maximum absolute atomic E-state index is 11.7. The molecule has 1 saturated carbocycles. The molecule has 2 rings (SSSR count). The van der Waals surface area contributed by atoms with Crippen molar-refractivity contribution in [1.29, 1.82) is 0 Å². The van der Waals surface area contributed by atoms with E-state index in [1.165, 1.54) is 19.3 Å². The Morgan fingerprint density at radius 1 is 1.29 bits per heavy atom. The van der Waals surface area contributed by atoms with Crippen LogP contribution in [0.15, 0.2) is 0 Å². The van der Waals surface area contributed by atoms with Gasteiger partial charge >= 0.3 is 0 Å². The van der Waals surface area contributed by atoms with E-state index in [2.05, 4.69) is 24.1 Å². The van der Waals surface area contributed by atoms with Crippen LogP contribution in [-0.4, -0.2) is 56.5 Å². The van der Waals surface area contributed by atoms with Crippen LogP contribution in [0.5, 0.6) is 0 Å². The number of hydrogen-bond donors (Lipinski definition) is 1. The van der Waals surface area contributed by atoms with E-state index in [1.807, 2.05) is 0 Å². The maximum Gasteiger partial charge on any atom is 0.150 e. The smallest absolute Gasteiger partial charge is 0.150 e. The van der Waals surface area contributed by atoms with Crippen LogP contribution in [0.2, 0.25) is 0 Å². The van der Waals surface area contributed by atoms with E-state index in [0.717, 1.165) is 32.0 Å². The highest BCUT2D eigenvalue weighted by Gasteiger charge is 2.37. The first-order chi connectivity index (χ1) is 9.91. The highest BCUT2D eigenvalue weighted by Crippen LogP contribution is 2.34. The van der Waals surface area contributed by atoms with Gasteiger partial charge in [0.1, 0.15) is 9.84 Å². The molecule has 0 aromatic rings. The van der Waals surface area contributed by atoms with Crippen molar-refractivity contribution in [2.24, 2.45) is 11.8 Å². The molecule has 5 heteroatoms. The summed E-state index contributed by atoms with van der Waals surface area (Å²) < 4.78 is 23.3. The van der Waals surface area contributed by atoms with Gasteiger partial charge in [0.25, 0.3) is 0 Å². The normalized spacial score (nSPS) is 28.2. The minimum Gasteiger partial charge on any atom is -0.311 e. The third-order valence-electron chi connectivity index (χ3n) is 4.84. The second kappa shape index (κ2) is 7.42. The van der Waals surface area contributed by atoms with Crippen molar-refractivity contribution >= 4 is 9.84 Å². The van der Waals surface area contributed by atoms with Crippen LogP contribution in [0.3, 0.4) is 0 Å². The molecule has 2 atom stereocenters. The van der Waals surface area contributed by atoms with Gasteiger partial charge in [0, 0.05) is 30.9 Å². The zero-order chi connectivity index (χ0) is 15.5. The standard InChI is InChI=1S/C16H32N2O2S/c1-4-21(19,20)9-5-8-18-12-16(14-6-7-14)17-11-15(18)10-13(2)3/h13-17H,4-12H2,1-3H3. The number of nitrogens with one attached hydrogen (secondary N) is 1. The lowest BCUT2D eigenvalue weighted by Crippen LogP contribution is -2.57. The molecule has 2 fully saturated rings. The molecule has 0 radical (unpaired) electrons. The molecule has 1 heterocycles. The van der Waals surface area contributed by atoms with Crippen molar-refractivity contribution < 1.29 is 8.42 Å². The van der Waals surface area contributed by atoms with Crippen molar-refractivity contribution in [3.05, 3.63) is 0 Å². The van der Waals surface area contributed by atoms with E-state index in [9.17, 15) is 8.42 Å². The molecule has 0 aromatic carbocycles. The largest absolute Gasteiger partial charge is 0.311 e. The fourth-order valence-corrected chi connectivity index (χ4v) is 4.24. The summed E-state index contributed by atoms with van der Waals surface area (Å²) >= 11 is 0. The highest BCUT2D eigenvalue weighted by atomic mass is 32.2. The minimum atomic E-state index is -2.82. The topological polar surface area (TPSA) is 49.4 Å². The van der Waals surface area contributed by atoms with Gasteiger partial charge in [-0.1, -0.05) is 20.8 Å². The van der Waals surface area contributed by atoms with Crippen molar-refractivity contribution in [2.45, 2.75) is 58.5 Å². The van der Waals surface area contributed by atoms with Crippen LogP contribution in [0.1, 0.15) is 46.5 Å². The van der Waals surface area contributed by atoms with E-state index in [-0.39, 0.29) is 5.75 Å². The average Bonchev–Trinajstić information content (AvgIpc) is 3.24. The van der Waals surface area contributed by atoms with Crippen molar-refractivity contribution in [3.8, 4) is 0 Å². The van der Waals surface area contributed by atoms with Gasteiger partial charge in [-0.3, -0.25) is 4.90 Å². The van der Waals surface area contributed by atoms with E-state index < -0.39 is 9.84 Å². The van der Waals surface area contributed by atoms with Gasteiger partial charge in [0.15, 0.2) is 0 Å². The Morgan fingerprint density at radius 3 is 2.57 bits per heavy atom. The van der Waals surface area contributed by atoms with Gasteiger partial charge in [-0.2, -0.15) is 0 Å². The third-order valence-corrected chi connectivity index (χ3v) is 6.63. The van der Waals surface area contributed by atoms with Gasteiger partial charge in [0.2, 0.25) is 0 Å². The summed E-state index contributed by atoms with van der Waals surface area (Å²) in [6.07, 6.45) is 4.71. The van der Waals surface area contributed by atoms with Crippen LogP contribution >= 0.6 is 0 Å². The fourth-order valence-electron chi connectivity index (χ4n) is 3.38. The molecule has 0 bridgehead atoms. The number of nitrogens with zero attached hydrogens (tertiary/aromatic N) is 1. The molecule has 1 N–H and O–H groups in total. The van der Waals surface area contributed by atoms with E-state index in [4.69, 9.17) is 0 Å². The summed E-state index contributed by atoms with van der Waals surface area (Å²) in [6, 6.07) is 1.21. The number of hydrogen-bond acceptors (Lipinski definition) is 4. The molecular weight excluding hydrogens is 284 g/mol. The van der Waals surface area contributed by atoms with Gasteiger partial charge in [-0.05, 0) is 44.1 Å². The summed E-state index contributed by atoms with van der Waals surface area (Å²) in [6.45, 7) is 9.39. The van der Waals surface area contributed by atoms with Crippen LogP contribution < -0.4 is 5.32 Å². The predicted octanol–water partition coefficient (Wildman–Crippen LogP) is 1.91. The number of rotatable bonds is 8. The molecule has 2 unspecified atom stereocenters. The summed E-state index contributed by atoms with van der Waals surface area (Å²) in [5.41, 5.74) is 0. The minimum absolute atomic E-state index is 0.272. The second-order valence-corrected chi connectivity index (χ2v) is 9.69. The maximum atomic E-state index is 11.7. The monoisotopic (exact) mass is 316 g/mol. The van der Waals surface area contributed by atoms with Crippen molar-refractivity contribution in [1.82, 2.24) is 10.2 Å². The molecule has 4 nitrogen and oxygen atoms in total. The Bertz CT molecular complexity index is 418. The molecule has 2 aliphatic rings. The zero-order valence-corrected chi connectivity index (χ0v) is 14.7. The Morgan fingerprint density at radius 2 is 2.00 bits per heavy atom. The molecule has 0 amide bonds. The van der Waals surface area contributed by atoms with Crippen LogP contribution in [0.25, 0.3) is 0 Å². The second-order valence-electron chi connectivity index (χ2n) is 7.22. The quantitative estimate of drug-likeness (QED) is 0.743. The van der Waals surface area contributed by atoms with Crippen molar-refractivity contribution in [2.75, 3.05) is 31.1 Å². The van der Waals surface area contributed by atoms with E-state index >= 15 is 0 Å². The lowest BCUT2D eigenvalue weighted by Gasteiger charge is -2.41. The predicted molar refractivity (Wildman–Crippen MR) is 88.3 cm³/mol. The molecule has 0 spiro atoms. The molecular formula is C16H32N2O2S. The summed E-state index contributed by atoms with van der Waals surface area (Å²) in [4.78, 5) is 2.56. The average molecular weight is 317 g/mol. The van der Waals surface area contributed by atoms with Crippen LogP contribution in [0.4, 0.5) is 0 Å². The van der Waals surface area contributed by atoms with E-state index in [1.54, 1.807) is 6.92 Å². The number of piperazine rings is 1. The summed E-state index contributed by atoms with van der Waals surface area (Å²) in [7, 11) is -2.82. The fraction of sp³-hybridized carbons (Fsp3) is 1.00. The first-order valence-electron chi connectivity index (χ1n) is 8.59. The molecule has 0 aromatic heterocycles. The van der Waals surface area contributed by atoms with Crippen LogP contribution in [0, 0.1) is 11.8 Å². The van der Waals surface area contributed by atoms with Gasteiger partial charge in [-0.25, -0.2) is 8.42 Å². The zero-order valence-electron chi connectivity index (χ0n) is 13.8. The van der Waals surface area contributed by atoms with Gasteiger partial charge in [0.05, 0.1) is 5.75 Å². The number of sulfone groups is 1. The Hall–Kier alpha value is -0.130. The first kappa shape index (κ1) is 17.2. The molecule has 1 aliphatic heterocycles. The van der Waals surface area contributed by atoms with E-state index in [0.29, 0.717) is 23.8 Å². The SMILES string of the molecule is CCS(=O)(=O)CCCN1CC(C2CC2)NCC1CC(C)C.